The van der Waals surface area contributed by atoms with Crippen LogP contribution < -0.4 is 5.32 Å². The van der Waals surface area contributed by atoms with Crippen molar-refractivity contribution >= 4 is 0 Å². The van der Waals surface area contributed by atoms with Crippen LogP contribution in [0.3, 0.4) is 0 Å². The Morgan fingerprint density at radius 3 is 2.62 bits per heavy atom. The number of ether oxygens (including phenoxy) is 1. The van der Waals surface area contributed by atoms with E-state index in [2.05, 4.69) is 37.9 Å². The van der Waals surface area contributed by atoms with Gasteiger partial charge in [0.2, 0.25) is 0 Å². The molecule has 3 aliphatic rings. The van der Waals surface area contributed by atoms with Gasteiger partial charge in [-0.25, -0.2) is 0 Å². The van der Waals surface area contributed by atoms with Crippen molar-refractivity contribution in [3.63, 3.8) is 0 Å². The number of likely N-dealkylation sites (tertiary alicyclic amines) is 1. The average molecular weight is 294 g/mol. The molecular formula is C18H34N2O. The van der Waals surface area contributed by atoms with Gasteiger partial charge in [0, 0.05) is 30.7 Å². The monoisotopic (exact) mass is 294 g/mol. The second kappa shape index (κ2) is 6.17. The first-order valence-corrected chi connectivity index (χ1v) is 9.06. The highest BCUT2D eigenvalue weighted by Crippen LogP contribution is 2.43. The zero-order valence-electron chi connectivity index (χ0n) is 14.4. The Balaban J connectivity index is 1.36. The molecule has 1 N–H and O–H groups in total. The smallest absolute Gasteiger partial charge is 0.0656 e. The third-order valence-electron chi connectivity index (χ3n) is 5.84. The van der Waals surface area contributed by atoms with Crippen LogP contribution >= 0.6 is 0 Å². The van der Waals surface area contributed by atoms with E-state index in [0.717, 1.165) is 18.6 Å². The number of hydrogen-bond acceptors (Lipinski definition) is 3. The standard InChI is InChI=1S/C18H34N2O/c1-13(2)12-21-17-9-16(18(17,3)4)19-10-14-7-8-20(11-14)15-5-6-15/h13-17,19H,5-12H2,1-4H3. The minimum atomic E-state index is 0.295. The lowest BCUT2D eigenvalue weighted by molar-refractivity contribution is -0.124. The van der Waals surface area contributed by atoms with Crippen molar-refractivity contribution in [2.24, 2.45) is 17.3 Å². The quantitative estimate of drug-likeness (QED) is 0.781. The highest BCUT2D eigenvalue weighted by molar-refractivity contribution is 5.03. The summed E-state index contributed by atoms with van der Waals surface area (Å²) in [6.07, 6.45) is 5.93. The van der Waals surface area contributed by atoms with Gasteiger partial charge in [0.1, 0.15) is 0 Å². The molecule has 0 amide bonds. The van der Waals surface area contributed by atoms with Crippen molar-refractivity contribution in [2.45, 2.75) is 71.6 Å². The SMILES string of the molecule is CC(C)COC1CC(NCC2CCN(C3CC3)C2)C1(C)C. The molecule has 0 aromatic rings. The number of hydrogen-bond donors (Lipinski definition) is 1. The average Bonchev–Trinajstić information content (AvgIpc) is 3.16. The van der Waals surface area contributed by atoms with Crippen LogP contribution in [0.25, 0.3) is 0 Å². The minimum absolute atomic E-state index is 0.295. The van der Waals surface area contributed by atoms with E-state index in [0.29, 0.717) is 23.5 Å². The minimum Gasteiger partial charge on any atom is -0.377 e. The fraction of sp³-hybridized carbons (Fsp3) is 1.00. The highest BCUT2D eigenvalue weighted by Gasteiger charge is 2.49. The molecule has 1 saturated heterocycles. The van der Waals surface area contributed by atoms with E-state index >= 15 is 0 Å². The van der Waals surface area contributed by atoms with E-state index in [1.165, 1.54) is 45.3 Å². The first-order valence-electron chi connectivity index (χ1n) is 9.06. The number of rotatable bonds is 7. The third-order valence-corrected chi connectivity index (χ3v) is 5.84. The van der Waals surface area contributed by atoms with E-state index in [1.54, 1.807) is 0 Å². The Kier molecular flexibility index (Phi) is 4.63. The lowest BCUT2D eigenvalue weighted by atomic mass is 9.64. The maximum Gasteiger partial charge on any atom is 0.0656 e. The molecule has 3 rings (SSSR count). The second-order valence-electron chi connectivity index (χ2n) is 8.61. The summed E-state index contributed by atoms with van der Waals surface area (Å²) in [5, 5.41) is 3.84. The highest BCUT2D eigenvalue weighted by atomic mass is 16.5. The Hall–Kier alpha value is -0.120. The molecule has 1 aliphatic heterocycles. The molecule has 3 unspecified atom stereocenters. The summed E-state index contributed by atoms with van der Waals surface area (Å²) in [6, 6.07) is 1.59. The van der Waals surface area contributed by atoms with Gasteiger partial charge in [0.15, 0.2) is 0 Å². The summed E-state index contributed by atoms with van der Waals surface area (Å²) in [6.45, 7) is 14.0. The second-order valence-corrected chi connectivity index (χ2v) is 8.61. The van der Waals surface area contributed by atoms with E-state index in [1.807, 2.05) is 0 Å². The molecule has 3 atom stereocenters. The van der Waals surface area contributed by atoms with Crippen LogP contribution in [-0.4, -0.2) is 49.3 Å². The molecule has 3 nitrogen and oxygen atoms in total. The van der Waals surface area contributed by atoms with Gasteiger partial charge >= 0.3 is 0 Å². The van der Waals surface area contributed by atoms with Crippen LogP contribution in [0.5, 0.6) is 0 Å². The predicted octanol–water partition coefficient (Wildman–Crippen LogP) is 2.90. The number of nitrogens with zero attached hydrogens (tertiary/aromatic N) is 1. The van der Waals surface area contributed by atoms with Crippen molar-refractivity contribution in [1.29, 1.82) is 0 Å². The summed E-state index contributed by atoms with van der Waals surface area (Å²) in [5.41, 5.74) is 0.295. The summed E-state index contributed by atoms with van der Waals surface area (Å²) in [4.78, 5) is 2.72. The van der Waals surface area contributed by atoms with Gasteiger partial charge in [-0.3, -0.25) is 0 Å². The lowest BCUT2D eigenvalue weighted by Gasteiger charge is -2.52. The molecule has 2 aliphatic carbocycles. The first kappa shape index (κ1) is 15.8. The van der Waals surface area contributed by atoms with Crippen molar-refractivity contribution in [1.82, 2.24) is 10.2 Å². The Morgan fingerprint density at radius 2 is 2.00 bits per heavy atom. The van der Waals surface area contributed by atoms with Gasteiger partial charge in [-0.15, -0.1) is 0 Å². The molecule has 0 aromatic carbocycles. The molecule has 3 fully saturated rings. The predicted molar refractivity (Wildman–Crippen MR) is 87.5 cm³/mol. The van der Waals surface area contributed by atoms with Crippen molar-refractivity contribution in [3.8, 4) is 0 Å². The van der Waals surface area contributed by atoms with Crippen LogP contribution in [0, 0.1) is 17.3 Å². The molecule has 3 heteroatoms. The molecule has 0 bridgehead atoms. The summed E-state index contributed by atoms with van der Waals surface area (Å²) < 4.78 is 6.07. The molecule has 21 heavy (non-hydrogen) atoms. The molecule has 0 radical (unpaired) electrons. The summed E-state index contributed by atoms with van der Waals surface area (Å²) in [5.74, 6) is 1.51. The van der Waals surface area contributed by atoms with Crippen LogP contribution in [0.4, 0.5) is 0 Å². The van der Waals surface area contributed by atoms with Crippen LogP contribution in [-0.2, 0) is 4.74 Å². The maximum absolute atomic E-state index is 6.07. The summed E-state index contributed by atoms with van der Waals surface area (Å²) >= 11 is 0. The fourth-order valence-corrected chi connectivity index (χ4v) is 3.93. The maximum atomic E-state index is 6.07. The zero-order valence-corrected chi connectivity index (χ0v) is 14.4. The largest absolute Gasteiger partial charge is 0.377 e. The van der Waals surface area contributed by atoms with E-state index in [9.17, 15) is 0 Å². The van der Waals surface area contributed by atoms with Crippen molar-refractivity contribution in [2.75, 3.05) is 26.2 Å². The molecule has 2 saturated carbocycles. The van der Waals surface area contributed by atoms with E-state index < -0.39 is 0 Å². The zero-order chi connectivity index (χ0) is 15.0. The fourth-order valence-electron chi connectivity index (χ4n) is 3.93. The van der Waals surface area contributed by atoms with Crippen molar-refractivity contribution in [3.05, 3.63) is 0 Å². The Labute approximate surface area is 130 Å². The van der Waals surface area contributed by atoms with Crippen molar-refractivity contribution < 1.29 is 4.74 Å². The molecule has 1 heterocycles. The molecular weight excluding hydrogens is 260 g/mol. The molecule has 0 aromatic heterocycles. The lowest BCUT2D eigenvalue weighted by Crippen LogP contribution is -2.61. The topological polar surface area (TPSA) is 24.5 Å². The van der Waals surface area contributed by atoms with Gasteiger partial charge in [-0.05, 0) is 50.6 Å². The third kappa shape index (κ3) is 3.62. The van der Waals surface area contributed by atoms with Crippen LogP contribution in [0.1, 0.15) is 53.4 Å². The van der Waals surface area contributed by atoms with E-state index in [-0.39, 0.29) is 0 Å². The molecule has 122 valence electrons. The number of nitrogens with one attached hydrogen (secondary N) is 1. The Bertz CT molecular complexity index is 351. The van der Waals surface area contributed by atoms with Crippen LogP contribution in [0.15, 0.2) is 0 Å². The van der Waals surface area contributed by atoms with Gasteiger partial charge < -0.3 is 15.0 Å². The van der Waals surface area contributed by atoms with Gasteiger partial charge in [-0.2, -0.15) is 0 Å². The van der Waals surface area contributed by atoms with Gasteiger partial charge in [0.25, 0.3) is 0 Å². The molecule has 0 spiro atoms. The van der Waals surface area contributed by atoms with Crippen LogP contribution in [0.2, 0.25) is 0 Å². The normalized spacial score (nSPS) is 36.1. The van der Waals surface area contributed by atoms with E-state index in [4.69, 9.17) is 4.74 Å². The Morgan fingerprint density at radius 1 is 1.24 bits per heavy atom. The van der Waals surface area contributed by atoms with Gasteiger partial charge in [-0.1, -0.05) is 27.7 Å². The van der Waals surface area contributed by atoms with Gasteiger partial charge in [0.05, 0.1) is 6.10 Å². The first-order chi connectivity index (χ1) is 9.96. The summed E-state index contributed by atoms with van der Waals surface area (Å²) in [7, 11) is 0.